The fraction of sp³-hybridized carbons (Fsp3) is 0.316. The lowest BCUT2D eigenvalue weighted by molar-refractivity contribution is -0.117. The normalized spacial score (nSPS) is 15.9. The molecular weight excluding hydrogens is 380 g/mol. The standard InChI is InChI=1S/C19H20N4O2S2/c20-17(25)13-7-10-26-19(13)22-16(24)11-23-8-5-12(6-9-23)18-21-14-3-1-2-4-15(14)27-18/h1-4,7,10,12H,5-6,8-9,11H2,(H2,20,25)(H,22,24). The molecular formula is C19H20N4O2S2. The average Bonchev–Trinajstić information content (AvgIpc) is 3.28. The Hall–Kier alpha value is -2.29. The van der Waals surface area contributed by atoms with Crippen LogP contribution < -0.4 is 11.1 Å². The third-order valence-electron chi connectivity index (χ3n) is 4.80. The first kappa shape index (κ1) is 18.1. The predicted octanol–water partition coefficient (Wildman–Crippen LogP) is 3.27. The molecule has 1 saturated heterocycles. The number of likely N-dealkylation sites (tertiary alicyclic amines) is 1. The van der Waals surface area contributed by atoms with Crippen LogP contribution in [0, 0.1) is 0 Å². The van der Waals surface area contributed by atoms with Gasteiger partial charge in [-0.3, -0.25) is 14.5 Å². The number of carbonyl (C=O) groups excluding carboxylic acids is 2. The molecule has 1 aromatic carbocycles. The van der Waals surface area contributed by atoms with Gasteiger partial charge in [-0.2, -0.15) is 0 Å². The van der Waals surface area contributed by atoms with Gasteiger partial charge in [0, 0.05) is 5.92 Å². The molecule has 0 saturated carbocycles. The lowest BCUT2D eigenvalue weighted by atomic mass is 9.97. The molecule has 2 amide bonds. The minimum absolute atomic E-state index is 0.113. The highest BCUT2D eigenvalue weighted by atomic mass is 32.1. The molecule has 0 aliphatic carbocycles. The van der Waals surface area contributed by atoms with E-state index in [1.165, 1.54) is 21.0 Å². The summed E-state index contributed by atoms with van der Waals surface area (Å²) in [7, 11) is 0. The monoisotopic (exact) mass is 400 g/mol. The Kier molecular flexibility index (Phi) is 5.20. The number of thiophene rings is 1. The summed E-state index contributed by atoms with van der Waals surface area (Å²) in [6.45, 7) is 2.05. The van der Waals surface area contributed by atoms with E-state index in [0.29, 0.717) is 23.0 Å². The molecule has 140 valence electrons. The highest BCUT2D eigenvalue weighted by molar-refractivity contribution is 7.18. The number of fused-ring (bicyclic) bond motifs is 1. The molecule has 3 N–H and O–H groups in total. The summed E-state index contributed by atoms with van der Waals surface area (Å²) in [5, 5.41) is 6.28. The van der Waals surface area contributed by atoms with Gasteiger partial charge in [-0.1, -0.05) is 12.1 Å². The molecule has 6 nitrogen and oxygen atoms in total. The van der Waals surface area contributed by atoms with Crippen LogP contribution in [0.4, 0.5) is 5.00 Å². The van der Waals surface area contributed by atoms with E-state index < -0.39 is 5.91 Å². The summed E-state index contributed by atoms with van der Waals surface area (Å²) < 4.78 is 1.23. The number of hydrogen-bond acceptors (Lipinski definition) is 6. The van der Waals surface area contributed by atoms with Crippen molar-refractivity contribution in [1.82, 2.24) is 9.88 Å². The number of anilines is 1. The van der Waals surface area contributed by atoms with Crippen molar-refractivity contribution in [1.29, 1.82) is 0 Å². The molecule has 0 bridgehead atoms. The fourth-order valence-electron chi connectivity index (χ4n) is 3.37. The van der Waals surface area contributed by atoms with E-state index in [2.05, 4.69) is 22.3 Å². The van der Waals surface area contributed by atoms with Gasteiger partial charge >= 0.3 is 0 Å². The number of aromatic nitrogens is 1. The van der Waals surface area contributed by atoms with E-state index in [-0.39, 0.29) is 5.91 Å². The van der Waals surface area contributed by atoms with Gasteiger partial charge in [-0.15, -0.1) is 22.7 Å². The van der Waals surface area contributed by atoms with Crippen LogP contribution in [0.15, 0.2) is 35.7 Å². The fourth-order valence-corrected chi connectivity index (χ4v) is 5.32. The Morgan fingerprint density at radius 1 is 1.22 bits per heavy atom. The summed E-state index contributed by atoms with van der Waals surface area (Å²) in [5.74, 6) is -0.179. The Labute approximate surface area is 165 Å². The topological polar surface area (TPSA) is 88.3 Å². The second-order valence-corrected chi connectivity index (χ2v) is 8.62. The number of amides is 2. The van der Waals surface area contributed by atoms with Gasteiger partial charge in [0.15, 0.2) is 0 Å². The van der Waals surface area contributed by atoms with Gasteiger partial charge < -0.3 is 11.1 Å². The van der Waals surface area contributed by atoms with E-state index >= 15 is 0 Å². The first-order valence-corrected chi connectivity index (χ1v) is 10.5. The van der Waals surface area contributed by atoms with Crippen molar-refractivity contribution in [2.45, 2.75) is 18.8 Å². The van der Waals surface area contributed by atoms with E-state index in [1.807, 2.05) is 12.1 Å². The summed E-state index contributed by atoms with van der Waals surface area (Å²) in [6.07, 6.45) is 2.00. The predicted molar refractivity (Wildman–Crippen MR) is 110 cm³/mol. The van der Waals surface area contributed by atoms with Crippen LogP contribution in [0.3, 0.4) is 0 Å². The number of primary amides is 1. The van der Waals surface area contributed by atoms with Crippen molar-refractivity contribution in [2.75, 3.05) is 25.0 Å². The Morgan fingerprint density at radius 2 is 2.00 bits per heavy atom. The van der Waals surface area contributed by atoms with Crippen molar-refractivity contribution in [3.63, 3.8) is 0 Å². The molecule has 3 aromatic rings. The van der Waals surface area contributed by atoms with E-state index in [1.54, 1.807) is 22.8 Å². The van der Waals surface area contributed by atoms with Crippen molar-refractivity contribution >= 4 is 49.7 Å². The molecule has 0 unspecified atom stereocenters. The molecule has 0 spiro atoms. The molecule has 1 aliphatic heterocycles. The van der Waals surface area contributed by atoms with Gasteiger partial charge in [0.2, 0.25) is 5.91 Å². The number of piperidine rings is 1. The zero-order valence-corrected chi connectivity index (χ0v) is 16.3. The number of nitrogens with one attached hydrogen (secondary N) is 1. The van der Waals surface area contributed by atoms with Crippen LogP contribution in [-0.4, -0.2) is 41.3 Å². The number of nitrogens with zero attached hydrogens (tertiary/aromatic N) is 2. The number of carbonyl (C=O) groups is 2. The van der Waals surface area contributed by atoms with E-state index in [0.717, 1.165) is 31.4 Å². The van der Waals surface area contributed by atoms with Crippen LogP contribution in [0.1, 0.15) is 34.1 Å². The minimum atomic E-state index is -0.525. The van der Waals surface area contributed by atoms with Crippen LogP contribution in [-0.2, 0) is 4.79 Å². The third kappa shape index (κ3) is 4.02. The van der Waals surface area contributed by atoms with Gasteiger partial charge in [-0.05, 0) is 49.5 Å². The maximum Gasteiger partial charge on any atom is 0.251 e. The maximum atomic E-state index is 12.3. The van der Waals surface area contributed by atoms with Crippen molar-refractivity contribution in [3.05, 3.63) is 46.3 Å². The summed E-state index contributed by atoms with van der Waals surface area (Å²) in [4.78, 5) is 30.6. The number of benzene rings is 1. The molecule has 4 rings (SSSR count). The third-order valence-corrected chi connectivity index (χ3v) is 6.83. The average molecular weight is 401 g/mol. The molecule has 3 heterocycles. The highest BCUT2D eigenvalue weighted by Gasteiger charge is 2.24. The quantitative estimate of drug-likeness (QED) is 0.688. The molecule has 8 heteroatoms. The smallest absolute Gasteiger partial charge is 0.251 e. The second-order valence-electron chi connectivity index (χ2n) is 6.65. The number of nitrogens with two attached hydrogens (primary N) is 1. The van der Waals surface area contributed by atoms with Gasteiger partial charge in [0.05, 0.1) is 27.3 Å². The Morgan fingerprint density at radius 3 is 2.74 bits per heavy atom. The van der Waals surface area contributed by atoms with Crippen LogP contribution in [0.2, 0.25) is 0 Å². The Balaban J connectivity index is 1.32. The highest BCUT2D eigenvalue weighted by Crippen LogP contribution is 2.33. The molecule has 1 aliphatic rings. The number of para-hydroxylation sites is 1. The molecule has 2 aromatic heterocycles. The number of rotatable bonds is 5. The van der Waals surface area contributed by atoms with Crippen LogP contribution >= 0.6 is 22.7 Å². The number of thiazole rings is 1. The first-order chi connectivity index (χ1) is 13.1. The summed E-state index contributed by atoms with van der Waals surface area (Å²) >= 11 is 3.08. The van der Waals surface area contributed by atoms with Crippen LogP contribution in [0.25, 0.3) is 10.2 Å². The molecule has 1 fully saturated rings. The van der Waals surface area contributed by atoms with Crippen molar-refractivity contribution in [2.24, 2.45) is 5.73 Å². The SMILES string of the molecule is NC(=O)c1ccsc1NC(=O)CN1CCC(c2nc3ccccc3s2)CC1. The second kappa shape index (κ2) is 7.75. The lowest BCUT2D eigenvalue weighted by Gasteiger charge is -2.30. The molecule has 0 radical (unpaired) electrons. The van der Waals surface area contributed by atoms with Gasteiger partial charge in [0.25, 0.3) is 5.91 Å². The van der Waals surface area contributed by atoms with Crippen molar-refractivity contribution < 1.29 is 9.59 Å². The molecule has 0 atom stereocenters. The lowest BCUT2D eigenvalue weighted by Crippen LogP contribution is -2.38. The Bertz CT molecular complexity index is 940. The minimum Gasteiger partial charge on any atom is -0.366 e. The van der Waals surface area contributed by atoms with Gasteiger partial charge in [0.1, 0.15) is 5.00 Å². The summed E-state index contributed by atoms with van der Waals surface area (Å²) in [5.41, 5.74) is 6.75. The van der Waals surface area contributed by atoms with E-state index in [4.69, 9.17) is 10.7 Å². The first-order valence-electron chi connectivity index (χ1n) is 8.85. The zero-order chi connectivity index (χ0) is 18.8. The van der Waals surface area contributed by atoms with Crippen molar-refractivity contribution in [3.8, 4) is 0 Å². The summed E-state index contributed by atoms with van der Waals surface area (Å²) in [6, 6.07) is 9.86. The molecule has 27 heavy (non-hydrogen) atoms. The zero-order valence-electron chi connectivity index (χ0n) is 14.7. The largest absolute Gasteiger partial charge is 0.366 e. The number of hydrogen-bond donors (Lipinski definition) is 2. The maximum absolute atomic E-state index is 12.3. The van der Waals surface area contributed by atoms with Crippen LogP contribution in [0.5, 0.6) is 0 Å². The van der Waals surface area contributed by atoms with Gasteiger partial charge in [-0.25, -0.2) is 4.98 Å². The van der Waals surface area contributed by atoms with E-state index in [9.17, 15) is 9.59 Å².